The molecule has 25 heavy (non-hydrogen) atoms. The lowest BCUT2D eigenvalue weighted by molar-refractivity contribution is -0.125. The third-order valence-corrected chi connectivity index (χ3v) is 5.11. The van der Waals surface area contributed by atoms with Crippen molar-refractivity contribution >= 4 is 11.9 Å². The molecule has 0 bridgehead atoms. The molecule has 0 saturated carbocycles. The topological polar surface area (TPSA) is 83.4 Å². The van der Waals surface area contributed by atoms with Crippen LogP contribution >= 0.6 is 0 Å². The predicted molar refractivity (Wildman–Crippen MR) is 92.7 cm³/mol. The Hall–Kier alpha value is -2.12. The summed E-state index contributed by atoms with van der Waals surface area (Å²) in [4.78, 5) is 32.7. The monoisotopic (exact) mass is 348 g/mol. The average Bonchev–Trinajstić information content (AvgIpc) is 3.15. The number of nitrogens with zero attached hydrogens (tertiary/aromatic N) is 5. The van der Waals surface area contributed by atoms with Gasteiger partial charge >= 0.3 is 6.03 Å². The first-order valence-electron chi connectivity index (χ1n) is 9.30. The Balaban J connectivity index is 1.41. The normalized spacial score (nSPS) is 20.4. The van der Waals surface area contributed by atoms with Crippen molar-refractivity contribution in [2.24, 2.45) is 5.92 Å². The zero-order chi connectivity index (χ0) is 17.6. The van der Waals surface area contributed by atoms with Crippen LogP contribution in [-0.2, 0) is 11.3 Å². The maximum atomic E-state index is 12.5. The number of carbonyl (C=O) groups excluding carboxylic acids is 2. The molecular formula is C17H28N6O2. The van der Waals surface area contributed by atoms with Crippen molar-refractivity contribution < 1.29 is 9.59 Å². The number of piperidine rings is 2. The smallest absolute Gasteiger partial charge is 0.319 e. The van der Waals surface area contributed by atoms with Crippen LogP contribution in [0.2, 0.25) is 0 Å². The molecule has 0 radical (unpaired) electrons. The lowest BCUT2D eigenvalue weighted by Gasteiger charge is -2.37. The molecule has 138 valence electrons. The number of hydrogen-bond acceptors (Lipinski definition) is 4. The minimum atomic E-state index is -0.158. The van der Waals surface area contributed by atoms with Gasteiger partial charge in [0.1, 0.15) is 12.7 Å². The van der Waals surface area contributed by atoms with Gasteiger partial charge in [-0.05, 0) is 32.1 Å². The van der Waals surface area contributed by atoms with E-state index in [1.165, 1.54) is 12.7 Å². The molecule has 0 spiro atoms. The summed E-state index contributed by atoms with van der Waals surface area (Å²) in [5.74, 6) is -0.119. The van der Waals surface area contributed by atoms with E-state index in [2.05, 4.69) is 15.4 Å². The fourth-order valence-corrected chi connectivity index (χ4v) is 3.53. The molecule has 2 aliphatic heterocycles. The minimum absolute atomic E-state index is 0.0382. The molecule has 8 heteroatoms. The molecule has 3 rings (SSSR count). The third kappa shape index (κ3) is 4.70. The summed E-state index contributed by atoms with van der Waals surface area (Å²) < 4.78 is 1.67. The van der Waals surface area contributed by atoms with Gasteiger partial charge in [0, 0.05) is 32.2 Å². The summed E-state index contributed by atoms with van der Waals surface area (Å²) in [6.07, 6.45) is 8.19. The molecule has 3 heterocycles. The molecule has 2 saturated heterocycles. The summed E-state index contributed by atoms with van der Waals surface area (Å²) in [5, 5.41) is 7.15. The first-order chi connectivity index (χ1) is 12.1. The summed E-state index contributed by atoms with van der Waals surface area (Å²) in [7, 11) is 0. The van der Waals surface area contributed by atoms with Crippen molar-refractivity contribution in [1.29, 1.82) is 0 Å². The highest BCUT2D eigenvalue weighted by molar-refractivity contribution is 5.78. The molecule has 0 aromatic carbocycles. The van der Waals surface area contributed by atoms with Crippen LogP contribution in [0.25, 0.3) is 0 Å². The quantitative estimate of drug-likeness (QED) is 0.883. The molecule has 2 fully saturated rings. The van der Waals surface area contributed by atoms with E-state index < -0.39 is 0 Å². The van der Waals surface area contributed by atoms with E-state index in [9.17, 15) is 9.59 Å². The molecule has 3 amide bonds. The van der Waals surface area contributed by atoms with Crippen molar-refractivity contribution in [3.63, 3.8) is 0 Å². The lowest BCUT2D eigenvalue weighted by atomic mass is 10.0. The van der Waals surface area contributed by atoms with E-state index in [4.69, 9.17) is 0 Å². The van der Waals surface area contributed by atoms with Crippen LogP contribution in [0.1, 0.15) is 39.0 Å². The number of likely N-dealkylation sites (tertiary alicyclic amines) is 2. The Kier molecular flexibility index (Phi) is 5.88. The van der Waals surface area contributed by atoms with Crippen LogP contribution in [0.3, 0.4) is 0 Å². The SMILES string of the molecule is CC(Cn1cncn1)C(=O)NC1CCN(C(=O)N2CCCCC2)CC1. The van der Waals surface area contributed by atoms with Gasteiger partial charge in [0.25, 0.3) is 0 Å². The molecule has 1 aromatic heterocycles. The van der Waals surface area contributed by atoms with Crippen LogP contribution in [0.5, 0.6) is 0 Å². The van der Waals surface area contributed by atoms with Crippen LogP contribution < -0.4 is 5.32 Å². The van der Waals surface area contributed by atoms with Gasteiger partial charge in [0.05, 0.1) is 12.5 Å². The number of hydrogen-bond donors (Lipinski definition) is 1. The van der Waals surface area contributed by atoms with Crippen molar-refractivity contribution in [3.05, 3.63) is 12.7 Å². The Morgan fingerprint density at radius 2 is 1.80 bits per heavy atom. The Labute approximate surface area is 148 Å². The van der Waals surface area contributed by atoms with E-state index in [-0.39, 0.29) is 23.9 Å². The second-order valence-corrected chi connectivity index (χ2v) is 7.12. The molecule has 1 aromatic rings. The fraction of sp³-hybridized carbons (Fsp3) is 0.765. The predicted octanol–water partition coefficient (Wildman–Crippen LogP) is 1.10. The first-order valence-corrected chi connectivity index (χ1v) is 9.30. The largest absolute Gasteiger partial charge is 0.353 e. The van der Waals surface area contributed by atoms with Gasteiger partial charge in [-0.1, -0.05) is 6.92 Å². The van der Waals surface area contributed by atoms with Crippen molar-refractivity contribution in [1.82, 2.24) is 29.9 Å². The van der Waals surface area contributed by atoms with Crippen molar-refractivity contribution in [2.45, 2.75) is 51.6 Å². The lowest BCUT2D eigenvalue weighted by Crippen LogP contribution is -2.52. The van der Waals surface area contributed by atoms with Crippen LogP contribution in [0.15, 0.2) is 12.7 Å². The van der Waals surface area contributed by atoms with Crippen LogP contribution in [0.4, 0.5) is 4.79 Å². The van der Waals surface area contributed by atoms with Gasteiger partial charge < -0.3 is 15.1 Å². The number of rotatable bonds is 4. The molecule has 1 unspecified atom stereocenters. The van der Waals surface area contributed by atoms with Gasteiger partial charge in [-0.2, -0.15) is 5.10 Å². The number of nitrogens with one attached hydrogen (secondary N) is 1. The number of carbonyl (C=O) groups is 2. The second kappa shape index (κ2) is 8.31. The Bertz CT molecular complexity index is 562. The van der Waals surface area contributed by atoms with E-state index in [0.717, 1.165) is 51.9 Å². The number of urea groups is 1. The van der Waals surface area contributed by atoms with Gasteiger partial charge in [0.15, 0.2) is 0 Å². The van der Waals surface area contributed by atoms with E-state index in [1.807, 2.05) is 16.7 Å². The Morgan fingerprint density at radius 3 is 2.44 bits per heavy atom. The number of aromatic nitrogens is 3. The van der Waals surface area contributed by atoms with Gasteiger partial charge in [-0.3, -0.25) is 9.48 Å². The average molecular weight is 348 g/mol. The highest BCUT2D eigenvalue weighted by atomic mass is 16.2. The highest BCUT2D eigenvalue weighted by Gasteiger charge is 2.28. The van der Waals surface area contributed by atoms with Gasteiger partial charge in [-0.15, -0.1) is 0 Å². The third-order valence-electron chi connectivity index (χ3n) is 5.11. The molecule has 1 atom stereocenters. The van der Waals surface area contributed by atoms with Crippen LogP contribution in [-0.4, -0.2) is 68.7 Å². The highest BCUT2D eigenvalue weighted by Crippen LogP contribution is 2.16. The second-order valence-electron chi connectivity index (χ2n) is 7.12. The molecular weight excluding hydrogens is 320 g/mol. The number of amides is 3. The summed E-state index contributed by atoms with van der Waals surface area (Å²) in [5.41, 5.74) is 0. The van der Waals surface area contributed by atoms with E-state index in [0.29, 0.717) is 6.54 Å². The van der Waals surface area contributed by atoms with E-state index >= 15 is 0 Å². The van der Waals surface area contributed by atoms with Gasteiger partial charge in [-0.25, -0.2) is 9.78 Å². The molecule has 1 N–H and O–H groups in total. The van der Waals surface area contributed by atoms with Gasteiger partial charge in [0.2, 0.25) is 5.91 Å². The fourth-order valence-electron chi connectivity index (χ4n) is 3.53. The van der Waals surface area contributed by atoms with Crippen molar-refractivity contribution in [3.8, 4) is 0 Å². The molecule has 0 aliphatic carbocycles. The molecule has 2 aliphatic rings. The Morgan fingerprint density at radius 1 is 1.12 bits per heavy atom. The van der Waals surface area contributed by atoms with E-state index in [1.54, 1.807) is 11.0 Å². The maximum Gasteiger partial charge on any atom is 0.319 e. The van der Waals surface area contributed by atoms with Crippen molar-refractivity contribution in [2.75, 3.05) is 26.2 Å². The zero-order valence-electron chi connectivity index (χ0n) is 14.9. The van der Waals surface area contributed by atoms with Crippen LogP contribution in [0, 0.1) is 5.92 Å². The standard InChI is InChI=1S/C17H28N6O2/c1-14(11-23-13-18-12-19-23)16(24)20-15-5-9-22(10-6-15)17(25)21-7-3-2-4-8-21/h12-15H,2-11H2,1H3,(H,20,24). The first kappa shape index (κ1) is 17.7. The summed E-state index contributed by atoms with van der Waals surface area (Å²) >= 11 is 0. The molecule has 8 nitrogen and oxygen atoms in total. The minimum Gasteiger partial charge on any atom is -0.353 e. The maximum absolute atomic E-state index is 12.5. The summed E-state index contributed by atoms with van der Waals surface area (Å²) in [6.45, 7) is 5.63. The zero-order valence-corrected chi connectivity index (χ0v) is 14.9. The summed E-state index contributed by atoms with van der Waals surface area (Å²) in [6, 6.07) is 0.320.